The number of carbonyl (C=O) groups excluding carboxylic acids is 6. The SMILES string of the molecule is CC(=O)SCC=O.CNC(CO)C(=O)NC(CO)C(=O)NC(CO)C(=O)NCCCCCC(N)=O. The molecular formula is C20H37N5O9S. The smallest absolute Gasteiger partial charge is 0.245 e. The Bertz CT molecular complexity index is 677. The number of aldehydes is 1. The van der Waals surface area contributed by atoms with Gasteiger partial charge in [0.05, 0.1) is 25.6 Å². The van der Waals surface area contributed by atoms with Gasteiger partial charge in [0.2, 0.25) is 23.6 Å². The lowest BCUT2D eigenvalue weighted by molar-refractivity contribution is -0.134. The molecule has 0 bridgehead atoms. The van der Waals surface area contributed by atoms with Crippen LogP contribution in [0, 0.1) is 0 Å². The molecule has 3 atom stereocenters. The van der Waals surface area contributed by atoms with Crippen molar-refractivity contribution in [1.29, 1.82) is 0 Å². The van der Waals surface area contributed by atoms with Gasteiger partial charge in [-0.25, -0.2) is 0 Å². The molecule has 0 aromatic carbocycles. The van der Waals surface area contributed by atoms with Gasteiger partial charge in [-0.1, -0.05) is 18.2 Å². The summed E-state index contributed by atoms with van der Waals surface area (Å²) in [6, 6.07) is -3.58. The molecular weight excluding hydrogens is 486 g/mol. The first-order valence-corrected chi connectivity index (χ1v) is 11.8. The van der Waals surface area contributed by atoms with Gasteiger partial charge in [-0.05, 0) is 19.9 Å². The van der Waals surface area contributed by atoms with Gasteiger partial charge in [0.15, 0.2) is 5.12 Å². The molecule has 0 radical (unpaired) electrons. The number of unbranched alkanes of at least 4 members (excludes halogenated alkanes) is 2. The van der Waals surface area contributed by atoms with E-state index in [9.17, 15) is 39.0 Å². The zero-order chi connectivity index (χ0) is 27.2. The summed E-state index contributed by atoms with van der Waals surface area (Å²) in [5.41, 5.74) is 5.02. The highest BCUT2D eigenvalue weighted by atomic mass is 32.2. The normalized spacial score (nSPS) is 12.7. The zero-order valence-electron chi connectivity index (χ0n) is 20.0. The van der Waals surface area contributed by atoms with E-state index in [0.29, 0.717) is 25.5 Å². The number of aliphatic hydroxyl groups excluding tert-OH is 3. The van der Waals surface area contributed by atoms with E-state index in [4.69, 9.17) is 10.8 Å². The molecule has 15 heteroatoms. The number of likely N-dealkylation sites (N-methyl/N-ethyl adjacent to an activating group) is 1. The van der Waals surface area contributed by atoms with Crippen molar-refractivity contribution in [2.24, 2.45) is 5.73 Å². The molecule has 0 aliphatic rings. The second-order valence-electron chi connectivity index (χ2n) is 7.05. The molecule has 0 aromatic heterocycles. The van der Waals surface area contributed by atoms with E-state index in [2.05, 4.69) is 21.3 Å². The minimum Gasteiger partial charge on any atom is -0.394 e. The second kappa shape index (κ2) is 21.9. The molecule has 4 amide bonds. The van der Waals surface area contributed by atoms with Crippen LogP contribution in [0.4, 0.5) is 0 Å². The average molecular weight is 524 g/mol. The highest BCUT2D eigenvalue weighted by molar-refractivity contribution is 8.14. The third-order valence-corrected chi connectivity index (χ3v) is 4.94. The fraction of sp³-hybridized carbons (Fsp3) is 0.700. The van der Waals surface area contributed by atoms with Crippen molar-refractivity contribution >= 4 is 46.8 Å². The standard InChI is InChI=1S/C16H31N5O7.C4H6O2S/c1-18-10(7-22)15(27)21-12(9-24)16(28)20-11(8-23)14(26)19-6-4-2-3-5-13(17)25;1-4(6)7-3-2-5/h10-12,18,22-24H,2-9H2,1H3,(H2,17,25)(H,19,26)(H,20,28)(H,21,27);2H,3H2,1H3. The summed E-state index contributed by atoms with van der Waals surface area (Å²) >= 11 is 1.02. The number of hydrogen-bond acceptors (Lipinski definition) is 11. The maximum Gasteiger partial charge on any atom is 0.245 e. The summed E-state index contributed by atoms with van der Waals surface area (Å²) in [5, 5.41) is 37.2. The number of hydrogen-bond donors (Lipinski definition) is 8. The minimum atomic E-state index is -1.36. The van der Waals surface area contributed by atoms with Gasteiger partial charge in [-0.3, -0.25) is 24.0 Å². The molecule has 0 fully saturated rings. The van der Waals surface area contributed by atoms with Crippen LogP contribution >= 0.6 is 11.8 Å². The summed E-state index contributed by atoms with van der Waals surface area (Å²) in [4.78, 5) is 66.2. The summed E-state index contributed by atoms with van der Waals surface area (Å²) in [7, 11) is 1.44. The number of nitrogens with one attached hydrogen (secondary N) is 4. The lowest BCUT2D eigenvalue weighted by Crippen LogP contribution is -2.58. The predicted molar refractivity (Wildman–Crippen MR) is 128 cm³/mol. The molecule has 3 unspecified atom stereocenters. The van der Waals surface area contributed by atoms with Crippen molar-refractivity contribution in [3.8, 4) is 0 Å². The van der Waals surface area contributed by atoms with E-state index >= 15 is 0 Å². The van der Waals surface area contributed by atoms with E-state index in [0.717, 1.165) is 11.8 Å². The van der Waals surface area contributed by atoms with E-state index in [1.807, 2.05) is 0 Å². The first-order chi connectivity index (χ1) is 16.6. The van der Waals surface area contributed by atoms with Crippen LogP contribution in [0.15, 0.2) is 0 Å². The van der Waals surface area contributed by atoms with Crippen molar-refractivity contribution in [2.45, 2.75) is 50.7 Å². The van der Waals surface area contributed by atoms with Crippen LogP contribution in [-0.2, 0) is 28.8 Å². The monoisotopic (exact) mass is 523 g/mol. The maximum absolute atomic E-state index is 12.2. The van der Waals surface area contributed by atoms with E-state index in [1.54, 1.807) is 0 Å². The van der Waals surface area contributed by atoms with Gasteiger partial charge < -0.3 is 47.1 Å². The van der Waals surface area contributed by atoms with Crippen molar-refractivity contribution in [3.63, 3.8) is 0 Å². The summed E-state index contributed by atoms with van der Waals surface area (Å²) < 4.78 is 0. The Balaban J connectivity index is 0. The minimum absolute atomic E-state index is 0.00731. The first-order valence-electron chi connectivity index (χ1n) is 10.8. The molecule has 0 heterocycles. The van der Waals surface area contributed by atoms with Crippen molar-refractivity contribution in [2.75, 3.05) is 39.2 Å². The lowest BCUT2D eigenvalue weighted by atomic mass is 10.2. The van der Waals surface area contributed by atoms with E-state index in [-0.39, 0.29) is 23.8 Å². The topological polar surface area (TPSA) is 237 Å². The van der Waals surface area contributed by atoms with Gasteiger partial charge in [0.25, 0.3) is 0 Å². The Morgan fingerprint density at radius 2 is 1.37 bits per heavy atom. The molecule has 14 nitrogen and oxygen atoms in total. The largest absolute Gasteiger partial charge is 0.394 e. The summed E-state index contributed by atoms with van der Waals surface area (Å²) in [6.07, 6.45) is 2.85. The summed E-state index contributed by atoms with van der Waals surface area (Å²) in [5.74, 6) is -2.30. The van der Waals surface area contributed by atoms with Crippen molar-refractivity contribution in [3.05, 3.63) is 0 Å². The quantitative estimate of drug-likeness (QED) is 0.0678. The van der Waals surface area contributed by atoms with Gasteiger partial charge >= 0.3 is 0 Å². The fourth-order valence-electron chi connectivity index (χ4n) is 2.33. The van der Waals surface area contributed by atoms with Crippen LogP contribution in [0.5, 0.6) is 0 Å². The highest BCUT2D eigenvalue weighted by Crippen LogP contribution is 1.98. The maximum atomic E-state index is 12.2. The molecule has 9 N–H and O–H groups in total. The van der Waals surface area contributed by atoms with Crippen LogP contribution in [0.2, 0.25) is 0 Å². The predicted octanol–water partition coefficient (Wildman–Crippen LogP) is -3.85. The first kappa shape index (κ1) is 34.6. The zero-order valence-corrected chi connectivity index (χ0v) is 20.8. The third-order valence-electron chi connectivity index (χ3n) is 4.23. The van der Waals surface area contributed by atoms with Gasteiger partial charge in [-0.15, -0.1) is 0 Å². The Morgan fingerprint density at radius 1 is 0.857 bits per heavy atom. The Labute approximate surface area is 208 Å². The number of carbonyl (C=O) groups is 6. The van der Waals surface area contributed by atoms with Crippen LogP contribution in [0.25, 0.3) is 0 Å². The molecule has 0 aliphatic heterocycles. The fourth-order valence-corrected chi connectivity index (χ4v) is 2.63. The number of rotatable bonds is 17. The molecule has 0 rings (SSSR count). The number of amides is 4. The molecule has 202 valence electrons. The molecule has 35 heavy (non-hydrogen) atoms. The number of thioether (sulfide) groups is 1. The lowest BCUT2D eigenvalue weighted by Gasteiger charge is -2.22. The Morgan fingerprint density at radius 3 is 1.77 bits per heavy atom. The summed E-state index contributed by atoms with van der Waals surface area (Å²) in [6.45, 7) is -0.206. The number of aliphatic hydroxyl groups is 3. The molecule has 0 saturated carbocycles. The van der Waals surface area contributed by atoms with Crippen LogP contribution < -0.4 is 27.0 Å². The molecule has 0 saturated heterocycles. The van der Waals surface area contributed by atoms with Crippen molar-refractivity contribution in [1.82, 2.24) is 21.3 Å². The third kappa shape index (κ3) is 18.4. The van der Waals surface area contributed by atoms with Crippen LogP contribution in [-0.4, -0.2) is 108 Å². The van der Waals surface area contributed by atoms with Crippen molar-refractivity contribution < 1.29 is 44.1 Å². The Hall–Kier alpha value is -2.59. The molecule has 0 aromatic rings. The van der Waals surface area contributed by atoms with Crippen LogP contribution in [0.1, 0.15) is 32.6 Å². The van der Waals surface area contributed by atoms with E-state index < -0.39 is 61.6 Å². The van der Waals surface area contributed by atoms with Gasteiger partial charge in [0, 0.05) is 19.9 Å². The van der Waals surface area contributed by atoms with Crippen LogP contribution in [0.3, 0.4) is 0 Å². The van der Waals surface area contributed by atoms with Gasteiger partial charge in [0.1, 0.15) is 24.4 Å². The molecule has 0 aliphatic carbocycles. The molecule has 0 spiro atoms. The number of primary amides is 1. The highest BCUT2D eigenvalue weighted by Gasteiger charge is 2.27. The number of nitrogens with two attached hydrogens (primary N) is 1. The van der Waals surface area contributed by atoms with E-state index in [1.165, 1.54) is 14.0 Å². The average Bonchev–Trinajstić information content (AvgIpc) is 2.82. The Kier molecular flexibility index (Phi) is 21.6. The second-order valence-corrected chi connectivity index (χ2v) is 8.25. The van der Waals surface area contributed by atoms with Gasteiger partial charge in [-0.2, -0.15) is 0 Å².